The number of allylic oxidation sites excluding steroid dienone is 2. The lowest BCUT2D eigenvalue weighted by molar-refractivity contribution is -0.114. The molecule has 0 bridgehead atoms. The molecular formula is C19H17NO3. The van der Waals surface area contributed by atoms with Gasteiger partial charge in [0.1, 0.15) is 5.76 Å². The summed E-state index contributed by atoms with van der Waals surface area (Å²) in [6.07, 6.45) is 5.10. The van der Waals surface area contributed by atoms with Crippen molar-refractivity contribution in [2.45, 2.75) is 19.8 Å². The molecule has 0 N–H and O–H groups in total. The minimum Gasteiger partial charge on any atom is -0.468 e. The number of carbonyl (C=O) groups is 2. The number of furan rings is 1. The Morgan fingerprint density at radius 2 is 1.52 bits per heavy atom. The standard InChI is InChI=1S/C19H17NO3/c1-13(21)16-11-20(15-7-4-3-5-8-15)12-17(14(2)22)19(16)18-9-6-10-23-18/h3-12,19H,1-2H3. The third kappa shape index (κ3) is 2.88. The van der Waals surface area contributed by atoms with E-state index < -0.39 is 5.92 Å². The SMILES string of the molecule is CC(=O)C1=CN(c2ccccc2)C=C(C(C)=O)C1c1ccco1. The molecule has 0 fully saturated rings. The molecule has 0 amide bonds. The quantitative estimate of drug-likeness (QED) is 0.861. The van der Waals surface area contributed by atoms with Crippen LogP contribution >= 0.6 is 0 Å². The molecule has 0 spiro atoms. The number of hydrogen-bond donors (Lipinski definition) is 0. The van der Waals surface area contributed by atoms with Gasteiger partial charge in [-0.25, -0.2) is 0 Å². The van der Waals surface area contributed by atoms with E-state index >= 15 is 0 Å². The third-order valence-electron chi connectivity index (χ3n) is 3.87. The number of benzene rings is 1. The number of anilines is 1. The number of rotatable bonds is 4. The lowest BCUT2D eigenvalue weighted by Gasteiger charge is -2.29. The highest BCUT2D eigenvalue weighted by Crippen LogP contribution is 2.38. The summed E-state index contributed by atoms with van der Waals surface area (Å²) in [5.74, 6) is -0.0288. The van der Waals surface area contributed by atoms with Crippen LogP contribution < -0.4 is 4.90 Å². The Balaban J connectivity index is 2.13. The number of nitrogens with zero attached hydrogens (tertiary/aromatic N) is 1. The normalized spacial score (nSPS) is 15.1. The van der Waals surface area contributed by atoms with Crippen molar-refractivity contribution in [1.82, 2.24) is 0 Å². The number of Topliss-reactive ketones (excluding diaryl/α,β-unsaturated/α-hetero) is 2. The maximum atomic E-state index is 12.2. The summed E-state index contributed by atoms with van der Waals surface area (Å²) in [6, 6.07) is 13.1. The van der Waals surface area contributed by atoms with E-state index in [4.69, 9.17) is 4.42 Å². The fourth-order valence-electron chi connectivity index (χ4n) is 2.75. The fraction of sp³-hybridized carbons (Fsp3) is 0.158. The van der Waals surface area contributed by atoms with E-state index in [-0.39, 0.29) is 11.6 Å². The van der Waals surface area contributed by atoms with Crippen LogP contribution in [-0.2, 0) is 9.59 Å². The first-order valence-electron chi connectivity index (χ1n) is 7.40. The predicted molar refractivity (Wildman–Crippen MR) is 87.9 cm³/mol. The summed E-state index contributed by atoms with van der Waals surface area (Å²) in [5, 5.41) is 0. The summed E-state index contributed by atoms with van der Waals surface area (Å²) < 4.78 is 5.47. The molecule has 116 valence electrons. The van der Waals surface area contributed by atoms with Gasteiger partial charge in [-0.2, -0.15) is 0 Å². The second-order valence-electron chi connectivity index (χ2n) is 5.47. The second-order valence-corrected chi connectivity index (χ2v) is 5.47. The Kier molecular flexibility index (Phi) is 3.98. The van der Waals surface area contributed by atoms with Gasteiger partial charge in [0.25, 0.3) is 0 Å². The van der Waals surface area contributed by atoms with Gasteiger partial charge in [-0.15, -0.1) is 0 Å². The van der Waals surface area contributed by atoms with Gasteiger partial charge in [0.2, 0.25) is 0 Å². The van der Waals surface area contributed by atoms with Crippen LogP contribution in [-0.4, -0.2) is 11.6 Å². The average molecular weight is 307 g/mol. The maximum absolute atomic E-state index is 12.2. The van der Waals surface area contributed by atoms with Crippen LogP contribution in [0.25, 0.3) is 0 Å². The van der Waals surface area contributed by atoms with Crippen molar-refractivity contribution in [2.24, 2.45) is 0 Å². The van der Waals surface area contributed by atoms with Gasteiger partial charge in [-0.05, 0) is 38.1 Å². The molecule has 3 rings (SSSR count). The first-order chi connectivity index (χ1) is 11.1. The van der Waals surface area contributed by atoms with Crippen LogP contribution in [0.5, 0.6) is 0 Å². The molecule has 1 aliphatic heterocycles. The molecule has 0 aliphatic carbocycles. The minimum atomic E-state index is -0.458. The number of carbonyl (C=O) groups excluding carboxylic acids is 2. The summed E-state index contributed by atoms with van der Waals surface area (Å²) >= 11 is 0. The van der Waals surface area contributed by atoms with Gasteiger partial charge in [0.05, 0.1) is 12.2 Å². The Morgan fingerprint density at radius 3 is 2.00 bits per heavy atom. The second kappa shape index (κ2) is 6.08. The smallest absolute Gasteiger partial charge is 0.158 e. The Bertz CT molecular complexity index is 753. The summed E-state index contributed by atoms with van der Waals surface area (Å²) in [7, 11) is 0. The molecule has 2 aromatic rings. The highest BCUT2D eigenvalue weighted by Gasteiger charge is 2.33. The van der Waals surface area contributed by atoms with Crippen LogP contribution in [0.1, 0.15) is 25.5 Å². The number of ketones is 2. The summed E-state index contributed by atoms with van der Waals surface area (Å²) in [6.45, 7) is 3.02. The molecule has 0 atom stereocenters. The molecule has 1 aliphatic rings. The lowest BCUT2D eigenvalue weighted by Crippen LogP contribution is -2.25. The van der Waals surface area contributed by atoms with Crippen molar-refractivity contribution in [1.29, 1.82) is 0 Å². The first-order valence-corrected chi connectivity index (χ1v) is 7.40. The molecule has 0 saturated heterocycles. The van der Waals surface area contributed by atoms with E-state index in [0.717, 1.165) is 5.69 Å². The number of para-hydroxylation sites is 1. The third-order valence-corrected chi connectivity index (χ3v) is 3.87. The van der Waals surface area contributed by atoms with Crippen molar-refractivity contribution in [2.75, 3.05) is 4.90 Å². The predicted octanol–water partition coefficient (Wildman–Crippen LogP) is 3.83. The highest BCUT2D eigenvalue weighted by atomic mass is 16.3. The molecule has 0 unspecified atom stereocenters. The van der Waals surface area contributed by atoms with Gasteiger partial charge in [-0.1, -0.05) is 18.2 Å². The average Bonchev–Trinajstić information content (AvgIpc) is 3.08. The van der Waals surface area contributed by atoms with E-state index in [1.807, 2.05) is 35.2 Å². The maximum Gasteiger partial charge on any atom is 0.158 e. The monoisotopic (exact) mass is 307 g/mol. The van der Waals surface area contributed by atoms with Crippen molar-refractivity contribution in [3.05, 3.63) is 78.0 Å². The molecule has 23 heavy (non-hydrogen) atoms. The topological polar surface area (TPSA) is 50.5 Å². The minimum absolute atomic E-state index is 0.0841. The molecule has 4 nitrogen and oxygen atoms in total. The molecule has 2 heterocycles. The van der Waals surface area contributed by atoms with Gasteiger partial charge in [0.15, 0.2) is 11.6 Å². The van der Waals surface area contributed by atoms with E-state index in [9.17, 15) is 9.59 Å². The van der Waals surface area contributed by atoms with Crippen LogP contribution in [0.4, 0.5) is 5.69 Å². The largest absolute Gasteiger partial charge is 0.468 e. The van der Waals surface area contributed by atoms with Crippen LogP contribution in [0, 0.1) is 0 Å². The Hall–Kier alpha value is -2.88. The van der Waals surface area contributed by atoms with Crippen molar-refractivity contribution in [3.63, 3.8) is 0 Å². The molecular weight excluding hydrogens is 290 g/mol. The van der Waals surface area contributed by atoms with Gasteiger partial charge >= 0.3 is 0 Å². The molecule has 0 radical (unpaired) electrons. The molecule has 1 aromatic heterocycles. The zero-order valence-electron chi connectivity index (χ0n) is 13.0. The molecule has 0 saturated carbocycles. The van der Waals surface area contributed by atoms with Gasteiger partial charge in [0, 0.05) is 29.2 Å². The van der Waals surface area contributed by atoms with Crippen molar-refractivity contribution in [3.8, 4) is 0 Å². The van der Waals surface area contributed by atoms with Crippen LogP contribution in [0.3, 0.4) is 0 Å². The number of hydrogen-bond acceptors (Lipinski definition) is 4. The summed E-state index contributed by atoms with van der Waals surface area (Å²) in [4.78, 5) is 26.2. The Labute approximate surface area is 134 Å². The van der Waals surface area contributed by atoms with E-state index in [1.165, 1.54) is 13.8 Å². The first kappa shape index (κ1) is 15.0. The summed E-state index contributed by atoms with van der Waals surface area (Å²) in [5.41, 5.74) is 1.97. The molecule has 4 heteroatoms. The zero-order chi connectivity index (χ0) is 16.4. The zero-order valence-corrected chi connectivity index (χ0v) is 13.0. The van der Waals surface area contributed by atoms with Crippen molar-refractivity contribution < 1.29 is 14.0 Å². The van der Waals surface area contributed by atoms with Gasteiger partial charge in [-0.3, -0.25) is 9.59 Å². The van der Waals surface area contributed by atoms with E-state index in [1.54, 1.807) is 30.8 Å². The van der Waals surface area contributed by atoms with E-state index in [2.05, 4.69) is 0 Å². The van der Waals surface area contributed by atoms with E-state index in [0.29, 0.717) is 16.9 Å². The molecule has 1 aromatic carbocycles. The van der Waals surface area contributed by atoms with Crippen LogP contribution in [0.2, 0.25) is 0 Å². The van der Waals surface area contributed by atoms with Gasteiger partial charge < -0.3 is 9.32 Å². The van der Waals surface area contributed by atoms with Crippen LogP contribution in [0.15, 0.2) is 76.7 Å². The lowest BCUT2D eigenvalue weighted by atomic mass is 9.83. The Morgan fingerprint density at radius 1 is 0.913 bits per heavy atom. The van der Waals surface area contributed by atoms with Crippen molar-refractivity contribution >= 4 is 17.3 Å². The fourth-order valence-corrected chi connectivity index (χ4v) is 2.75. The highest BCUT2D eigenvalue weighted by molar-refractivity contribution is 6.03.